The minimum absolute atomic E-state index is 0. The highest BCUT2D eigenvalue weighted by Crippen LogP contribution is 2.26. The van der Waals surface area contributed by atoms with Gasteiger partial charge in [0.15, 0.2) is 5.69 Å². The molecule has 0 spiro atoms. The van der Waals surface area contributed by atoms with E-state index in [1.165, 1.54) is 11.1 Å². The molecule has 0 bridgehead atoms. The molecule has 1 saturated heterocycles. The van der Waals surface area contributed by atoms with E-state index >= 15 is 0 Å². The molecule has 146 valence electrons. The zero-order valence-electron chi connectivity index (χ0n) is 15.8. The summed E-state index contributed by atoms with van der Waals surface area (Å²) in [6.07, 6.45) is 0.991. The molecule has 1 amide bonds. The minimum atomic E-state index is -0.0565. The number of carbonyl (C=O) groups excluding carboxylic acids is 1. The van der Waals surface area contributed by atoms with Crippen molar-refractivity contribution in [1.29, 1.82) is 0 Å². The van der Waals surface area contributed by atoms with Crippen LogP contribution in [0.5, 0.6) is 0 Å². The predicted octanol–water partition coefficient (Wildman–Crippen LogP) is 1.85. The van der Waals surface area contributed by atoms with Crippen LogP contribution in [0.15, 0.2) is 18.2 Å². The molecule has 27 heavy (non-hydrogen) atoms. The summed E-state index contributed by atoms with van der Waals surface area (Å²) in [6, 6.07) is 6.33. The third-order valence-electron chi connectivity index (χ3n) is 5.39. The monoisotopic (exact) mass is 391 g/mol. The van der Waals surface area contributed by atoms with Gasteiger partial charge in [0, 0.05) is 26.2 Å². The molecule has 0 atom stereocenters. The summed E-state index contributed by atoms with van der Waals surface area (Å²) in [5, 5.41) is 8.54. The lowest BCUT2D eigenvalue weighted by molar-refractivity contribution is 0.0298. The molecular formula is C19H26ClN5O2. The average molecular weight is 392 g/mol. The second-order valence-corrected chi connectivity index (χ2v) is 6.87. The summed E-state index contributed by atoms with van der Waals surface area (Å²) in [4.78, 5) is 17.0. The van der Waals surface area contributed by atoms with E-state index in [0.717, 1.165) is 37.4 Å². The number of hydrogen-bond donors (Lipinski definition) is 0. The van der Waals surface area contributed by atoms with Gasteiger partial charge in [0.1, 0.15) is 0 Å². The summed E-state index contributed by atoms with van der Waals surface area (Å²) < 4.78 is 7.16. The molecule has 1 aromatic carbocycles. The molecule has 0 radical (unpaired) electrons. The molecule has 0 aliphatic carbocycles. The second-order valence-electron chi connectivity index (χ2n) is 6.87. The summed E-state index contributed by atoms with van der Waals surface area (Å²) in [5.74, 6) is -0.0565. The molecule has 3 heterocycles. The van der Waals surface area contributed by atoms with Gasteiger partial charge in [0.25, 0.3) is 5.91 Å². The van der Waals surface area contributed by atoms with E-state index in [1.54, 1.807) is 4.90 Å². The maximum atomic E-state index is 12.8. The Hall–Kier alpha value is -1.96. The van der Waals surface area contributed by atoms with Crippen LogP contribution < -0.4 is 0 Å². The number of aromatic nitrogens is 3. The van der Waals surface area contributed by atoms with Crippen LogP contribution in [0, 0.1) is 6.92 Å². The van der Waals surface area contributed by atoms with E-state index in [0.29, 0.717) is 32.0 Å². The quantitative estimate of drug-likeness (QED) is 0.799. The van der Waals surface area contributed by atoms with Crippen LogP contribution >= 0.6 is 12.4 Å². The molecule has 4 rings (SSSR count). The number of likely N-dealkylation sites (N-methyl/N-ethyl adjacent to an activating group) is 1. The van der Waals surface area contributed by atoms with Gasteiger partial charge in [0.05, 0.1) is 24.6 Å². The molecule has 2 aliphatic rings. The summed E-state index contributed by atoms with van der Waals surface area (Å²) in [7, 11) is 0. The van der Waals surface area contributed by atoms with Crippen molar-refractivity contribution in [2.75, 3.05) is 39.4 Å². The first kappa shape index (κ1) is 19.8. The Morgan fingerprint density at radius 1 is 1.22 bits per heavy atom. The number of benzene rings is 1. The van der Waals surface area contributed by atoms with Crippen molar-refractivity contribution in [2.45, 2.75) is 26.8 Å². The average Bonchev–Trinajstić information content (AvgIpc) is 3.08. The number of carbonyl (C=O) groups is 1. The molecule has 1 fully saturated rings. The smallest absolute Gasteiger partial charge is 0.276 e. The fourth-order valence-electron chi connectivity index (χ4n) is 3.79. The number of halogens is 1. The molecule has 0 unspecified atom stereocenters. The van der Waals surface area contributed by atoms with Crippen molar-refractivity contribution < 1.29 is 9.53 Å². The standard InChI is InChI=1S/C19H25N5O2.ClH/c1-3-22-8-7-16-15(13-22)5-4-6-17(16)24-14(2)18(20-21-24)19(25)23-9-11-26-12-10-23;/h4-6H,3,7-13H2,1-2H3;1H. The zero-order valence-corrected chi connectivity index (χ0v) is 16.7. The maximum Gasteiger partial charge on any atom is 0.276 e. The van der Waals surface area contributed by atoms with E-state index < -0.39 is 0 Å². The van der Waals surface area contributed by atoms with Crippen LogP contribution in [0.25, 0.3) is 5.69 Å². The fourth-order valence-corrected chi connectivity index (χ4v) is 3.79. The van der Waals surface area contributed by atoms with E-state index in [4.69, 9.17) is 4.74 Å². The molecule has 2 aromatic rings. The first-order valence-electron chi connectivity index (χ1n) is 9.32. The second kappa shape index (κ2) is 8.37. The topological polar surface area (TPSA) is 63.5 Å². The molecule has 2 aliphatic heterocycles. The van der Waals surface area contributed by atoms with Gasteiger partial charge in [-0.2, -0.15) is 0 Å². The SMILES string of the molecule is CCN1CCc2c(cccc2-n2nnc(C(=O)N3CCOCC3)c2C)C1.Cl. The number of hydrogen-bond acceptors (Lipinski definition) is 5. The largest absolute Gasteiger partial charge is 0.378 e. The summed E-state index contributed by atoms with van der Waals surface area (Å²) in [6.45, 7) is 9.58. The van der Waals surface area contributed by atoms with Crippen molar-refractivity contribution in [3.8, 4) is 5.69 Å². The van der Waals surface area contributed by atoms with Crippen molar-refractivity contribution in [3.63, 3.8) is 0 Å². The number of amides is 1. The van der Waals surface area contributed by atoms with E-state index in [2.05, 4.69) is 40.3 Å². The Morgan fingerprint density at radius 2 is 2.00 bits per heavy atom. The molecule has 8 heteroatoms. The van der Waals surface area contributed by atoms with E-state index in [-0.39, 0.29) is 18.3 Å². The zero-order chi connectivity index (χ0) is 18.1. The normalized spacial score (nSPS) is 17.3. The number of ether oxygens (including phenoxy) is 1. The minimum Gasteiger partial charge on any atom is -0.378 e. The van der Waals surface area contributed by atoms with Crippen LogP contribution in [0.4, 0.5) is 0 Å². The first-order valence-corrected chi connectivity index (χ1v) is 9.32. The Morgan fingerprint density at radius 3 is 2.74 bits per heavy atom. The number of fused-ring (bicyclic) bond motifs is 1. The first-order chi connectivity index (χ1) is 12.7. The van der Waals surface area contributed by atoms with Crippen LogP contribution in [0.2, 0.25) is 0 Å². The van der Waals surface area contributed by atoms with Gasteiger partial charge < -0.3 is 9.64 Å². The highest BCUT2D eigenvalue weighted by atomic mass is 35.5. The molecule has 0 saturated carbocycles. The lowest BCUT2D eigenvalue weighted by Gasteiger charge is -2.29. The van der Waals surface area contributed by atoms with Crippen LogP contribution in [-0.4, -0.2) is 70.1 Å². The van der Waals surface area contributed by atoms with Crippen molar-refractivity contribution in [2.24, 2.45) is 0 Å². The Kier molecular flexibility index (Phi) is 6.14. The summed E-state index contributed by atoms with van der Waals surface area (Å²) in [5.41, 5.74) is 4.94. The van der Waals surface area contributed by atoms with Gasteiger partial charge >= 0.3 is 0 Å². The Bertz CT molecular complexity index is 816. The lowest BCUT2D eigenvalue weighted by Crippen LogP contribution is -2.41. The number of morpholine rings is 1. The van der Waals surface area contributed by atoms with Crippen molar-refractivity contribution in [1.82, 2.24) is 24.8 Å². The lowest BCUT2D eigenvalue weighted by atomic mass is 9.97. The maximum absolute atomic E-state index is 12.8. The van der Waals surface area contributed by atoms with Crippen molar-refractivity contribution in [3.05, 3.63) is 40.7 Å². The van der Waals surface area contributed by atoms with Gasteiger partial charge in [-0.05, 0) is 37.1 Å². The fraction of sp³-hybridized carbons (Fsp3) is 0.526. The Balaban J connectivity index is 0.00000210. The molecular weight excluding hydrogens is 366 g/mol. The number of nitrogens with zero attached hydrogens (tertiary/aromatic N) is 5. The third-order valence-corrected chi connectivity index (χ3v) is 5.39. The van der Waals surface area contributed by atoms with Crippen LogP contribution in [0.1, 0.15) is 34.2 Å². The van der Waals surface area contributed by atoms with Gasteiger partial charge in [-0.15, -0.1) is 17.5 Å². The molecule has 7 nitrogen and oxygen atoms in total. The van der Waals surface area contributed by atoms with E-state index in [9.17, 15) is 4.79 Å². The van der Waals surface area contributed by atoms with Gasteiger partial charge in [-0.1, -0.05) is 24.3 Å². The third kappa shape index (κ3) is 3.72. The van der Waals surface area contributed by atoms with Gasteiger partial charge in [-0.3, -0.25) is 9.69 Å². The Labute approximate surface area is 165 Å². The van der Waals surface area contributed by atoms with Gasteiger partial charge in [0.2, 0.25) is 0 Å². The highest BCUT2D eigenvalue weighted by molar-refractivity contribution is 5.93. The highest BCUT2D eigenvalue weighted by Gasteiger charge is 2.26. The van der Waals surface area contributed by atoms with Gasteiger partial charge in [-0.25, -0.2) is 4.68 Å². The predicted molar refractivity (Wildman–Crippen MR) is 105 cm³/mol. The van der Waals surface area contributed by atoms with Crippen LogP contribution in [-0.2, 0) is 17.7 Å². The van der Waals surface area contributed by atoms with E-state index in [1.807, 2.05) is 11.6 Å². The molecule has 1 aromatic heterocycles. The number of rotatable bonds is 3. The van der Waals surface area contributed by atoms with Crippen molar-refractivity contribution >= 4 is 18.3 Å². The van der Waals surface area contributed by atoms with Crippen LogP contribution in [0.3, 0.4) is 0 Å². The molecule has 0 N–H and O–H groups in total. The summed E-state index contributed by atoms with van der Waals surface area (Å²) >= 11 is 0.